The minimum atomic E-state index is -0.356. The highest BCUT2D eigenvalue weighted by molar-refractivity contribution is 7.07. The molecule has 3 aromatic rings. The van der Waals surface area contributed by atoms with Gasteiger partial charge in [0.2, 0.25) is 5.91 Å². The van der Waals surface area contributed by atoms with Gasteiger partial charge in [-0.3, -0.25) is 14.6 Å². The van der Waals surface area contributed by atoms with Gasteiger partial charge < -0.3 is 24.1 Å². The van der Waals surface area contributed by atoms with Crippen LogP contribution in [0, 0.1) is 6.92 Å². The van der Waals surface area contributed by atoms with E-state index in [9.17, 15) is 9.59 Å². The van der Waals surface area contributed by atoms with Crippen LogP contribution in [0.25, 0.3) is 11.3 Å². The van der Waals surface area contributed by atoms with Gasteiger partial charge in [0.1, 0.15) is 19.8 Å². The summed E-state index contributed by atoms with van der Waals surface area (Å²) in [5.41, 5.74) is 3.09. The highest BCUT2D eigenvalue weighted by Crippen LogP contribution is 2.34. The molecule has 0 saturated heterocycles. The Bertz CT molecular complexity index is 1230. The Morgan fingerprint density at radius 1 is 1.21 bits per heavy atom. The highest BCUT2D eigenvalue weighted by Gasteiger charge is 2.16. The number of fused-ring (bicyclic) bond motifs is 1. The molecule has 0 aliphatic carbocycles. The average Bonchev–Trinajstić information content (AvgIpc) is 3.24. The van der Waals surface area contributed by atoms with Crippen LogP contribution in [-0.4, -0.2) is 54.8 Å². The predicted octanol–water partition coefficient (Wildman–Crippen LogP) is 2.59. The van der Waals surface area contributed by atoms with Gasteiger partial charge in [-0.25, -0.2) is 0 Å². The van der Waals surface area contributed by atoms with E-state index in [0.717, 1.165) is 17.0 Å². The van der Waals surface area contributed by atoms with Crippen LogP contribution in [0.3, 0.4) is 0 Å². The smallest absolute Gasteiger partial charge is 0.281 e. The normalized spacial score (nSPS) is 13.1. The van der Waals surface area contributed by atoms with E-state index in [4.69, 9.17) is 14.2 Å². The van der Waals surface area contributed by atoms with Crippen LogP contribution in [0.2, 0.25) is 0 Å². The van der Waals surface area contributed by atoms with Gasteiger partial charge in [-0.1, -0.05) is 0 Å². The van der Waals surface area contributed by atoms with E-state index in [1.807, 2.05) is 35.1 Å². The summed E-state index contributed by atoms with van der Waals surface area (Å²) in [6.07, 6.45) is 2.18. The summed E-state index contributed by atoms with van der Waals surface area (Å²) in [6, 6.07) is 9.29. The molecule has 0 spiro atoms. The summed E-state index contributed by atoms with van der Waals surface area (Å²) in [4.78, 5) is 33.6. The standard InChI is InChI=1S/C24H26N4O5S/c1-16-4-5-18(13-26-16)23(30)27-24-28(9-3-8-25-22(29)14-31-2)19(15-34-24)17-6-7-20-21(12-17)33-11-10-32-20/h4-7,12-13,15H,3,8-11,14H2,1-2H3,(H,25,29). The molecule has 1 aliphatic rings. The minimum absolute atomic E-state index is 0.0215. The SMILES string of the molecule is COCC(=O)NCCCn1c(-c2ccc3c(c2)OCCO3)csc1=NC(=O)c1ccc(C)nc1. The number of carbonyl (C=O) groups is 2. The van der Waals surface area contributed by atoms with Gasteiger partial charge in [-0.2, -0.15) is 4.99 Å². The molecule has 0 fully saturated rings. The zero-order valence-electron chi connectivity index (χ0n) is 19.1. The molecule has 1 aliphatic heterocycles. The number of aryl methyl sites for hydroxylation is 1. The van der Waals surface area contributed by atoms with Crippen LogP contribution in [0.15, 0.2) is 46.9 Å². The van der Waals surface area contributed by atoms with Crippen molar-refractivity contribution in [2.45, 2.75) is 19.9 Å². The van der Waals surface area contributed by atoms with Crippen molar-refractivity contribution in [3.63, 3.8) is 0 Å². The van der Waals surface area contributed by atoms with Crippen LogP contribution >= 0.6 is 11.3 Å². The van der Waals surface area contributed by atoms with Crippen molar-refractivity contribution in [3.05, 3.63) is 58.0 Å². The van der Waals surface area contributed by atoms with Crippen molar-refractivity contribution >= 4 is 23.2 Å². The Labute approximate surface area is 201 Å². The summed E-state index contributed by atoms with van der Waals surface area (Å²) in [7, 11) is 1.48. The van der Waals surface area contributed by atoms with E-state index >= 15 is 0 Å². The van der Waals surface area contributed by atoms with Gasteiger partial charge in [0.15, 0.2) is 16.3 Å². The summed E-state index contributed by atoms with van der Waals surface area (Å²) in [5.74, 6) is 0.875. The van der Waals surface area contributed by atoms with E-state index < -0.39 is 0 Å². The first kappa shape index (κ1) is 23.7. The molecular formula is C24H26N4O5S. The summed E-state index contributed by atoms with van der Waals surface area (Å²) in [5, 5.41) is 4.79. The molecule has 0 radical (unpaired) electrons. The number of thiazole rings is 1. The van der Waals surface area contributed by atoms with Crippen molar-refractivity contribution in [3.8, 4) is 22.8 Å². The van der Waals surface area contributed by atoms with Crippen molar-refractivity contribution in [2.24, 2.45) is 4.99 Å². The third-order valence-corrected chi connectivity index (χ3v) is 6.01. The quantitative estimate of drug-likeness (QED) is 0.495. The fourth-order valence-electron chi connectivity index (χ4n) is 3.46. The summed E-state index contributed by atoms with van der Waals surface area (Å²) >= 11 is 1.38. The predicted molar refractivity (Wildman–Crippen MR) is 127 cm³/mol. The van der Waals surface area contributed by atoms with Crippen LogP contribution in [0.4, 0.5) is 0 Å². The van der Waals surface area contributed by atoms with Crippen LogP contribution < -0.4 is 19.6 Å². The number of carbonyl (C=O) groups excluding carboxylic acids is 2. The number of nitrogens with zero attached hydrogens (tertiary/aromatic N) is 3. The van der Waals surface area contributed by atoms with E-state index in [-0.39, 0.29) is 18.4 Å². The van der Waals surface area contributed by atoms with Crippen molar-refractivity contribution in [1.82, 2.24) is 14.9 Å². The first-order chi connectivity index (χ1) is 16.5. The molecule has 4 rings (SSSR count). The molecule has 1 aromatic carbocycles. The molecule has 2 amide bonds. The Morgan fingerprint density at radius 3 is 2.79 bits per heavy atom. The lowest BCUT2D eigenvalue weighted by molar-refractivity contribution is -0.124. The number of hydrogen-bond donors (Lipinski definition) is 1. The second-order valence-electron chi connectivity index (χ2n) is 7.66. The lowest BCUT2D eigenvalue weighted by atomic mass is 10.1. The molecule has 10 heteroatoms. The van der Waals surface area contributed by atoms with Crippen molar-refractivity contribution in [2.75, 3.05) is 33.5 Å². The lowest BCUT2D eigenvalue weighted by Gasteiger charge is -2.19. The number of methoxy groups -OCH3 is 1. The first-order valence-corrected chi connectivity index (χ1v) is 11.8. The number of aromatic nitrogens is 2. The van der Waals surface area contributed by atoms with Crippen LogP contribution in [-0.2, 0) is 16.1 Å². The molecule has 0 saturated carbocycles. The number of amides is 2. The number of hydrogen-bond acceptors (Lipinski definition) is 7. The zero-order valence-corrected chi connectivity index (χ0v) is 19.9. The number of nitrogens with one attached hydrogen (secondary N) is 1. The molecule has 2 aromatic heterocycles. The Morgan fingerprint density at radius 2 is 2.03 bits per heavy atom. The fourth-order valence-corrected chi connectivity index (χ4v) is 4.39. The van der Waals surface area contributed by atoms with Crippen LogP contribution in [0.5, 0.6) is 11.5 Å². The second-order valence-corrected chi connectivity index (χ2v) is 8.49. The molecule has 9 nitrogen and oxygen atoms in total. The van der Waals surface area contributed by atoms with E-state index in [1.54, 1.807) is 12.1 Å². The number of benzene rings is 1. The fraction of sp³-hybridized carbons (Fsp3) is 0.333. The summed E-state index contributed by atoms with van der Waals surface area (Å²) < 4.78 is 18.2. The highest BCUT2D eigenvalue weighted by atomic mass is 32.1. The first-order valence-electron chi connectivity index (χ1n) is 10.9. The molecule has 3 heterocycles. The van der Waals surface area contributed by atoms with Crippen molar-refractivity contribution < 1.29 is 23.8 Å². The third kappa shape index (κ3) is 5.70. The Kier molecular flexibility index (Phi) is 7.71. The molecule has 34 heavy (non-hydrogen) atoms. The molecule has 0 bridgehead atoms. The Balaban J connectivity index is 1.63. The van der Waals surface area contributed by atoms with Crippen LogP contribution in [0.1, 0.15) is 22.5 Å². The largest absolute Gasteiger partial charge is 0.486 e. The molecule has 1 N–H and O–H groups in total. The zero-order chi connectivity index (χ0) is 23.9. The van der Waals surface area contributed by atoms with Gasteiger partial charge >= 0.3 is 0 Å². The maximum atomic E-state index is 12.8. The van der Waals surface area contributed by atoms with E-state index in [1.165, 1.54) is 24.6 Å². The lowest BCUT2D eigenvalue weighted by Crippen LogP contribution is -2.29. The number of pyridine rings is 1. The van der Waals surface area contributed by atoms with Gasteiger partial charge in [0, 0.05) is 43.0 Å². The van der Waals surface area contributed by atoms with Gasteiger partial charge in [0.25, 0.3) is 5.91 Å². The maximum Gasteiger partial charge on any atom is 0.281 e. The summed E-state index contributed by atoms with van der Waals surface area (Å²) in [6.45, 7) is 3.94. The average molecular weight is 483 g/mol. The molecule has 0 unspecified atom stereocenters. The van der Waals surface area contributed by atoms with Gasteiger partial charge in [0.05, 0.1) is 11.3 Å². The Hall–Kier alpha value is -3.50. The maximum absolute atomic E-state index is 12.8. The topological polar surface area (TPSA) is 104 Å². The molecule has 0 atom stereocenters. The molecule has 178 valence electrons. The second kappa shape index (κ2) is 11.1. The monoisotopic (exact) mass is 482 g/mol. The van der Waals surface area contributed by atoms with Crippen molar-refractivity contribution in [1.29, 1.82) is 0 Å². The van der Waals surface area contributed by atoms with Gasteiger partial charge in [-0.05, 0) is 43.7 Å². The van der Waals surface area contributed by atoms with Gasteiger partial charge in [-0.15, -0.1) is 11.3 Å². The van der Waals surface area contributed by atoms with E-state index in [0.29, 0.717) is 54.6 Å². The number of ether oxygens (including phenoxy) is 3. The number of rotatable bonds is 8. The molecular weight excluding hydrogens is 456 g/mol. The van der Waals surface area contributed by atoms with E-state index in [2.05, 4.69) is 15.3 Å². The third-order valence-electron chi connectivity index (χ3n) is 5.15. The minimum Gasteiger partial charge on any atom is -0.486 e.